The lowest BCUT2D eigenvalue weighted by atomic mass is 10.1. The molecule has 1 aliphatic rings. The standard InChI is InChI=1S/C20H21N5O/c26-20(22-13-16-12-18(16)15-6-2-1-3-7-15)23-19-9-11-25(24-19)14-17-8-4-5-10-21-17/h1-11,16,18H,12-14H2,(H2,22,23,24,26). The number of rotatable bonds is 6. The van der Waals surface area contributed by atoms with E-state index >= 15 is 0 Å². The third-order valence-electron chi connectivity index (χ3n) is 4.61. The van der Waals surface area contributed by atoms with Crippen LogP contribution in [-0.2, 0) is 6.54 Å². The Morgan fingerprint density at radius 2 is 1.96 bits per heavy atom. The zero-order valence-electron chi connectivity index (χ0n) is 14.4. The zero-order valence-corrected chi connectivity index (χ0v) is 14.4. The highest BCUT2D eigenvalue weighted by molar-refractivity contribution is 5.88. The fourth-order valence-corrected chi connectivity index (χ4v) is 3.14. The summed E-state index contributed by atoms with van der Waals surface area (Å²) < 4.78 is 1.75. The molecule has 2 N–H and O–H groups in total. The first-order valence-corrected chi connectivity index (χ1v) is 8.81. The molecule has 132 valence electrons. The van der Waals surface area contributed by atoms with Gasteiger partial charge in [0.1, 0.15) is 0 Å². The number of nitrogens with zero attached hydrogens (tertiary/aromatic N) is 3. The van der Waals surface area contributed by atoms with Crippen LogP contribution in [0, 0.1) is 5.92 Å². The van der Waals surface area contributed by atoms with Crippen molar-refractivity contribution < 1.29 is 4.79 Å². The first-order valence-electron chi connectivity index (χ1n) is 8.81. The van der Waals surface area contributed by atoms with E-state index in [1.54, 1.807) is 16.9 Å². The fourth-order valence-electron chi connectivity index (χ4n) is 3.14. The third-order valence-corrected chi connectivity index (χ3v) is 4.61. The number of anilines is 1. The number of pyridine rings is 1. The molecule has 0 aliphatic heterocycles. The van der Waals surface area contributed by atoms with Gasteiger partial charge < -0.3 is 5.32 Å². The molecule has 2 atom stereocenters. The zero-order chi connectivity index (χ0) is 17.8. The molecule has 0 saturated heterocycles. The Morgan fingerprint density at radius 1 is 1.12 bits per heavy atom. The predicted octanol–water partition coefficient (Wildman–Crippen LogP) is 3.25. The number of hydrogen-bond acceptors (Lipinski definition) is 3. The molecule has 1 saturated carbocycles. The van der Waals surface area contributed by atoms with Crippen molar-refractivity contribution in [3.05, 3.63) is 78.2 Å². The minimum Gasteiger partial charge on any atom is -0.338 e. The van der Waals surface area contributed by atoms with Crippen LogP contribution in [0.1, 0.15) is 23.6 Å². The van der Waals surface area contributed by atoms with Gasteiger partial charge in [-0.1, -0.05) is 36.4 Å². The van der Waals surface area contributed by atoms with Gasteiger partial charge in [-0.25, -0.2) is 4.79 Å². The highest BCUT2D eigenvalue weighted by atomic mass is 16.2. The molecular weight excluding hydrogens is 326 g/mol. The van der Waals surface area contributed by atoms with E-state index in [0.717, 1.165) is 12.1 Å². The van der Waals surface area contributed by atoms with Crippen molar-refractivity contribution in [3.63, 3.8) is 0 Å². The maximum Gasteiger partial charge on any atom is 0.320 e. The Labute approximate surface area is 152 Å². The lowest BCUT2D eigenvalue weighted by Gasteiger charge is -2.06. The molecule has 2 aromatic heterocycles. The molecule has 0 bridgehead atoms. The quantitative estimate of drug-likeness (QED) is 0.719. The average molecular weight is 347 g/mol. The number of nitrogens with one attached hydrogen (secondary N) is 2. The molecule has 4 rings (SSSR count). The van der Waals surface area contributed by atoms with Crippen molar-refractivity contribution in [2.75, 3.05) is 11.9 Å². The van der Waals surface area contributed by atoms with Gasteiger partial charge >= 0.3 is 6.03 Å². The van der Waals surface area contributed by atoms with Crippen molar-refractivity contribution in [2.45, 2.75) is 18.9 Å². The van der Waals surface area contributed by atoms with Gasteiger partial charge in [0.15, 0.2) is 5.82 Å². The number of urea groups is 1. The van der Waals surface area contributed by atoms with Crippen LogP contribution in [0.2, 0.25) is 0 Å². The maximum absolute atomic E-state index is 12.1. The summed E-state index contributed by atoms with van der Waals surface area (Å²) in [6, 6.07) is 17.8. The van der Waals surface area contributed by atoms with Gasteiger partial charge in [0.2, 0.25) is 0 Å². The minimum atomic E-state index is -0.216. The van der Waals surface area contributed by atoms with Crippen molar-refractivity contribution in [1.29, 1.82) is 0 Å². The monoisotopic (exact) mass is 347 g/mol. The van der Waals surface area contributed by atoms with Gasteiger partial charge in [0.25, 0.3) is 0 Å². The van der Waals surface area contributed by atoms with Crippen LogP contribution >= 0.6 is 0 Å². The second-order valence-electron chi connectivity index (χ2n) is 6.57. The van der Waals surface area contributed by atoms with Gasteiger partial charge in [-0.2, -0.15) is 5.10 Å². The van der Waals surface area contributed by atoms with Crippen molar-refractivity contribution in [3.8, 4) is 0 Å². The lowest BCUT2D eigenvalue weighted by Crippen LogP contribution is -2.30. The Bertz CT molecular complexity index is 862. The molecule has 2 unspecified atom stereocenters. The Morgan fingerprint density at radius 3 is 2.77 bits per heavy atom. The number of hydrogen-bond donors (Lipinski definition) is 2. The number of aromatic nitrogens is 3. The van der Waals surface area contributed by atoms with Gasteiger partial charge in [-0.3, -0.25) is 15.0 Å². The number of carbonyl (C=O) groups is 1. The van der Waals surface area contributed by atoms with E-state index in [9.17, 15) is 4.79 Å². The summed E-state index contributed by atoms with van der Waals surface area (Å²) in [5.41, 5.74) is 2.28. The van der Waals surface area contributed by atoms with E-state index < -0.39 is 0 Å². The molecule has 26 heavy (non-hydrogen) atoms. The Balaban J connectivity index is 1.23. The fraction of sp³-hybridized carbons (Fsp3) is 0.250. The molecule has 0 spiro atoms. The largest absolute Gasteiger partial charge is 0.338 e. The number of carbonyl (C=O) groups excluding carboxylic acids is 1. The highest BCUT2D eigenvalue weighted by Crippen LogP contribution is 2.46. The van der Waals surface area contributed by atoms with E-state index in [0.29, 0.717) is 30.7 Å². The molecule has 3 aromatic rings. The molecule has 1 aliphatic carbocycles. The summed E-state index contributed by atoms with van der Waals surface area (Å²) in [7, 11) is 0. The van der Waals surface area contributed by atoms with Crippen LogP contribution in [0.3, 0.4) is 0 Å². The number of amides is 2. The summed E-state index contributed by atoms with van der Waals surface area (Å²) >= 11 is 0. The first-order chi connectivity index (χ1) is 12.8. The average Bonchev–Trinajstić information content (AvgIpc) is 3.34. The summed E-state index contributed by atoms with van der Waals surface area (Å²) in [5, 5.41) is 10.1. The van der Waals surface area contributed by atoms with Gasteiger partial charge in [-0.15, -0.1) is 0 Å². The van der Waals surface area contributed by atoms with Crippen molar-refractivity contribution in [1.82, 2.24) is 20.1 Å². The van der Waals surface area contributed by atoms with Crippen LogP contribution in [-0.4, -0.2) is 27.3 Å². The van der Waals surface area contributed by atoms with Crippen LogP contribution in [0.15, 0.2) is 67.0 Å². The van der Waals surface area contributed by atoms with Gasteiger partial charge in [-0.05, 0) is 36.0 Å². The highest BCUT2D eigenvalue weighted by Gasteiger charge is 2.38. The topological polar surface area (TPSA) is 71.8 Å². The normalized spacial score (nSPS) is 18.3. The minimum absolute atomic E-state index is 0.216. The second kappa shape index (κ2) is 7.39. The predicted molar refractivity (Wildman–Crippen MR) is 99.9 cm³/mol. The van der Waals surface area contributed by atoms with E-state index in [1.165, 1.54) is 5.56 Å². The third kappa shape index (κ3) is 4.08. The van der Waals surface area contributed by atoms with E-state index in [2.05, 4.69) is 45.0 Å². The summed E-state index contributed by atoms with van der Waals surface area (Å²) in [4.78, 5) is 16.3. The molecule has 6 heteroatoms. The van der Waals surface area contributed by atoms with Gasteiger partial charge in [0.05, 0.1) is 12.2 Å². The lowest BCUT2D eigenvalue weighted by molar-refractivity contribution is 0.251. The van der Waals surface area contributed by atoms with Crippen LogP contribution in [0.5, 0.6) is 0 Å². The summed E-state index contributed by atoms with van der Waals surface area (Å²) in [5.74, 6) is 1.62. The van der Waals surface area contributed by atoms with Crippen molar-refractivity contribution >= 4 is 11.8 Å². The summed E-state index contributed by atoms with van der Waals surface area (Å²) in [6.07, 6.45) is 4.71. The van der Waals surface area contributed by atoms with Crippen LogP contribution < -0.4 is 10.6 Å². The van der Waals surface area contributed by atoms with E-state index in [4.69, 9.17) is 0 Å². The molecule has 6 nitrogen and oxygen atoms in total. The molecule has 0 radical (unpaired) electrons. The van der Waals surface area contributed by atoms with Crippen LogP contribution in [0.4, 0.5) is 10.6 Å². The van der Waals surface area contributed by atoms with Crippen molar-refractivity contribution in [2.24, 2.45) is 5.92 Å². The molecule has 1 aromatic carbocycles. The molecule has 2 amide bonds. The Hall–Kier alpha value is -3.15. The number of benzene rings is 1. The molecular formula is C20H21N5O. The van der Waals surface area contributed by atoms with Crippen LogP contribution in [0.25, 0.3) is 0 Å². The molecule has 2 heterocycles. The van der Waals surface area contributed by atoms with Gasteiger partial charge in [0, 0.05) is 25.0 Å². The second-order valence-corrected chi connectivity index (χ2v) is 6.57. The van der Waals surface area contributed by atoms with E-state index in [1.807, 2.05) is 30.5 Å². The summed E-state index contributed by atoms with van der Waals surface area (Å²) in [6.45, 7) is 1.25. The van der Waals surface area contributed by atoms with E-state index in [-0.39, 0.29) is 6.03 Å². The molecule has 1 fully saturated rings. The first kappa shape index (κ1) is 16.3. The SMILES string of the molecule is O=C(NCC1CC1c1ccccc1)Nc1ccn(Cc2ccccn2)n1. The Kier molecular flexibility index (Phi) is 4.64. The maximum atomic E-state index is 12.1. The smallest absolute Gasteiger partial charge is 0.320 e.